The lowest BCUT2D eigenvalue weighted by molar-refractivity contribution is 0.601. The number of benzene rings is 3. The fourth-order valence-electron chi connectivity index (χ4n) is 2.69. The number of hydrogen-bond acceptors (Lipinski definition) is 5. The molecule has 3 rings (SSSR count). The number of nitrogens with two attached hydrogens (primary N) is 1. The van der Waals surface area contributed by atoms with Gasteiger partial charge in [0.2, 0.25) is 0 Å². The van der Waals surface area contributed by atoms with Gasteiger partial charge in [-0.2, -0.15) is 5.10 Å². The van der Waals surface area contributed by atoms with Gasteiger partial charge in [0.05, 0.1) is 16.9 Å². The maximum Gasteiger partial charge on any atom is 0.263 e. The summed E-state index contributed by atoms with van der Waals surface area (Å²) in [6.45, 7) is 0. The number of sulfonamides is 1. The van der Waals surface area contributed by atoms with E-state index in [1.54, 1.807) is 36.2 Å². The van der Waals surface area contributed by atoms with Crippen LogP contribution in [0.25, 0.3) is 0 Å². The molecule has 3 aromatic carbocycles. The molecule has 0 unspecified atom stereocenters. The Morgan fingerprint density at radius 3 is 2.50 bits per heavy atom. The van der Waals surface area contributed by atoms with Crippen LogP contribution in [0.3, 0.4) is 0 Å². The van der Waals surface area contributed by atoms with Gasteiger partial charge in [-0.1, -0.05) is 59.6 Å². The molecule has 0 radical (unpaired) electrons. The molecular formula is C21H19Cl2N3O2S2. The summed E-state index contributed by atoms with van der Waals surface area (Å²) in [5, 5.41) is 3.92. The standard InChI is InChI=1S/C21H19Cl2N3O2S2/c22-17-9-10-18(23)21(13-17)30(27,28)26-19-3-1-2-4-20(19)29-12-11-15-5-7-16(8-6-15)14-25-24/h1-10,13-14,26H,11-12,24H2/b25-14-. The van der Waals surface area contributed by atoms with E-state index in [2.05, 4.69) is 9.82 Å². The van der Waals surface area contributed by atoms with E-state index in [4.69, 9.17) is 29.0 Å². The number of nitrogens with one attached hydrogen (secondary N) is 1. The average Bonchev–Trinajstić information content (AvgIpc) is 2.72. The zero-order chi connectivity index (χ0) is 21.6. The van der Waals surface area contributed by atoms with E-state index < -0.39 is 10.0 Å². The third-order valence-electron chi connectivity index (χ3n) is 4.17. The molecule has 9 heteroatoms. The van der Waals surface area contributed by atoms with Gasteiger partial charge in [0.25, 0.3) is 10.0 Å². The van der Waals surface area contributed by atoms with Crippen LogP contribution < -0.4 is 10.6 Å². The van der Waals surface area contributed by atoms with Gasteiger partial charge in [-0.25, -0.2) is 8.42 Å². The number of hydrazone groups is 1. The van der Waals surface area contributed by atoms with Crippen LogP contribution in [-0.2, 0) is 16.4 Å². The van der Waals surface area contributed by atoms with Crippen LogP contribution in [0.2, 0.25) is 10.0 Å². The number of halogens is 2. The average molecular weight is 480 g/mol. The van der Waals surface area contributed by atoms with Crippen LogP contribution in [0.5, 0.6) is 0 Å². The van der Waals surface area contributed by atoms with E-state index in [9.17, 15) is 8.42 Å². The molecule has 30 heavy (non-hydrogen) atoms. The van der Waals surface area contributed by atoms with Crippen molar-refractivity contribution in [3.63, 3.8) is 0 Å². The smallest absolute Gasteiger partial charge is 0.263 e. The SMILES string of the molecule is N/N=C\c1ccc(CCSc2ccccc2NS(=O)(=O)c2cc(Cl)ccc2Cl)cc1. The second kappa shape index (κ2) is 10.2. The molecule has 0 atom stereocenters. The van der Waals surface area contributed by atoms with Crippen LogP contribution in [0.1, 0.15) is 11.1 Å². The van der Waals surface area contributed by atoms with Gasteiger partial charge in [-0.05, 0) is 47.9 Å². The highest BCUT2D eigenvalue weighted by Gasteiger charge is 2.20. The van der Waals surface area contributed by atoms with E-state index in [1.165, 1.54) is 17.7 Å². The van der Waals surface area contributed by atoms with E-state index >= 15 is 0 Å². The minimum absolute atomic E-state index is 0.0578. The number of anilines is 1. The van der Waals surface area contributed by atoms with E-state index in [-0.39, 0.29) is 9.92 Å². The van der Waals surface area contributed by atoms with E-state index in [0.717, 1.165) is 22.6 Å². The van der Waals surface area contributed by atoms with Crippen molar-refractivity contribution in [2.45, 2.75) is 16.2 Å². The maximum atomic E-state index is 12.8. The van der Waals surface area contributed by atoms with Crippen LogP contribution >= 0.6 is 35.0 Å². The lowest BCUT2D eigenvalue weighted by atomic mass is 10.1. The summed E-state index contributed by atoms with van der Waals surface area (Å²) in [6.07, 6.45) is 2.42. The highest BCUT2D eigenvalue weighted by molar-refractivity contribution is 7.99. The van der Waals surface area contributed by atoms with Gasteiger partial charge in [-0.3, -0.25) is 4.72 Å². The van der Waals surface area contributed by atoms with Crippen LogP contribution in [0, 0.1) is 0 Å². The summed E-state index contributed by atoms with van der Waals surface area (Å²) in [7, 11) is -3.88. The van der Waals surface area contributed by atoms with Crippen LogP contribution in [-0.4, -0.2) is 20.4 Å². The van der Waals surface area contributed by atoms with Crippen molar-refractivity contribution in [2.24, 2.45) is 10.9 Å². The summed E-state index contributed by atoms with van der Waals surface area (Å²) in [5.74, 6) is 5.94. The molecule has 0 bridgehead atoms. The Balaban J connectivity index is 1.70. The van der Waals surface area contributed by atoms with Crippen molar-refractivity contribution in [1.82, 2.24) is 0 Å². The van der Waals surface area contributed by atoms with Gasteiger partial charge >= 0.3 is 0 Å². The molecule has 0 aliphatic carbocycles. The minimum Gasteiger partial charge on any atom is -0.323 e. The number of nitrogens with zero attached hydrogens (tertiary/aromatic N) is 1. The molecule has 0 aliphatic rings. The summed E-state index contributed by atoms with van der Waals surface area (Å²) >= 11 is 13.6. The molecule has 0 spiro atoms. The summed E-state index contributed by atoms with van der Waals surface area (Å²) in [6, 6.07) is 19.5. The number of aryl methyl sites for hydroxylation is 1. The Hall–Kier alpha value is -2.19. The van der Waals surface area contributed by atoms with Crippen molar-refractivity contribution < 1.29 is 8.42 Å². The quantitative estimate of drug-likeness (QED) is 0.195. The number of rotatable bonds is 8. The highest BCUT2D eigenvalue weighted by atomic mass is 35.5. The van der Waals surface area contributed by atoms with Gasteiger partial charge < -0.3 is 5.84 Å². The first-order valence-electron chi connectivity index (χ1n) is 8.91. The molecule has 5 nitrogen and oxygen atoms in total. The van der Waals surface area contributed by atoms with Crippen molar-refractivity contribution in [1.29, 1.82) is 0 Å². The zero-order valence-electron chi connectivity index (χ0n) is 15.8. The monoisotopic (exact) mass is 479 g/mol. The molecule has 0 saturated heterocycles. The molecule has 0 saturated carbocycles. The second-order valence-electron chi connectivity index (χ2n) is 6.29. The van der Waals surface area contributed by atoms with Crippen molar-refractivity contribution >= 4 is 56.9 Å². The van der Waals surface area contributed by atoms with Crippen LogP contribution in [0.4, 0.5) is 5.69 Å². The van der Waals surface area contributed by atoms with E-state index in [1.807, 2.05) is 36.4 Å². The minimum atomic E-state index is -3.88. The Morgan fingerprint density at radius 1 is 1.03 bits per heavy atom. The first-order valence-corrected chi connectivity index (χ1v) is 12.1. The molecule has 0 fully saturated rings. The zero-order valence-corrected chi connectivity index (χ0v) is 18.9. The fourth-order valence-corrected chi connectivity index (χ4v) is 5.61. The lowest BCUT2D eigenvalue weighted by Crippen LogP contribution is -2.14. The predicted octanol–water partition coefficient (Wildman–Crippen LogP) is 5.42. The van der Waals surface area contributed by atoms with E-state index in [0.29, 0.717) is 10.7 Å². The summed E-state index contributed by atoms with van der Waals surface area (Å²) in [4.78, 5) is 0.767. The Bertz CT molecular complexity index is 1150. The van der Waals surface area contributed by atoms with Crippen molar-refractivity contribution in [3.05, 3.63) is 87.9 Å². The molecule has 0 heterocycles. The second-order valence-corrected chi connectivity index (χ2v) is 9.93. The molecule has 3 aromatic rings. The maximum absolute atomic E-state index is 12.8. The Labute approximate surface area is 190 Å². The summed E-state index contributed by atoms with van der Waals surface area (Å²) in [5.41, 5.74) is 2.60. The third kappa shape index (κ3) is 5.92. The highest BCUT2D eigenvalue weighted by Crippen LogP contribution is 2.32. The summed E-state index contributed by atoms with van der Waals surface area (Å²) < 4.78 is 28.3. The molecule has 0 amide bonds. The van der Waals surface area contributed by atoms with Gasteiger partial charge in [-0.15, -0.1) is 11.8 Å². The predicted molar refractivity (Wildman–Crippen MR) is 126 cm³/mol. The molecule has 156 valence electrons. The van der Waals surface area contributed by atoms with Crippen LogP contribution in [0.15, 0.2) is 81.6 Å². The normalized spacial score (nSPS) is 11.7. The Kier molecular flexibility index (Phi) is 7.66. The molecular weight excluding hydrogens is 461 g/mol. The molecule has 0 aromatic heterocycles. The molecule has 0 aliphatic heterocycles. The number of para-hydroxylation sites is 1. The first-order chi connectivity index (χ1) is 14.4. The van der Waals surface area contributed by atoms with Gasteiger partial charge in [0.1, 0.15) is 4.90 Å². The largest absolute Gasteiger partial charge is 0.323 e. The Morgan fingerprint density at radius 2 is 1.77 bits per heavy atom. The lowest BCUT2D eigenvalue weighted by Gasteiger charge is -2.13. The van der Waals surface area contributed by atoms with Gasteiger partial charge in [0.15, 0.2) is 0 Å². The fraction of sp³-hybridized carbons (Fsp3) is 0.0952. The first kappa shape index (κ1) is 22.5. The third-order valence-corrected chi connectivity index (χ3v) is 7.32. The molecule has 3 N–H and O–H groups in total. The number of thioether (sulfide) groups is 1. The number of hydrogen-bond donors (Lipinski definition) is 2. The van der Waals surface area contributed by atoms with Gasteiger partial charge in [0, 0.05) is 15.7 Å². The van der Waals surface area contributed by atoms with Crippen molar-refractivity contribution in [2.75, 3.05) is 10.5 Å². The van der Waals surface area contributed by atoms with Crippen molar-refractivity contribution in [3.8, 4) is 0 Å². The topological polar surface area (TPSA) is 84.5 Å².